The number of hydrogen-bond acceptors (Lipinski definition) is 5. The molecule has 166 valence electrons. The van der Waals surface area contributed by atoms with Crippen LogP contribution in [0.3, 0.4) is 0 Å². The standard InChI is InChI=1S/C22H26N2O6S/c1-3-4-13-24(2)21(25)12-10-18(22(26)27)23-31(28,29)15-9-11-20-17(14-15)16-7-5-6-8-19(16)30-20/h5-9,11,14,18,23H,3-4,10,12-13H2,1-2H3,(H,26,27). The molecule has 0 saturated carbocycles. The number of para-hydroxylation sites is 1. The van der Waals surface area contributed by atoms with Crippen LogP contribution in [0.1, 0.15) is 32.6 Å². The molecular weight excluding hydrogens is 420 g/mol. The molecule has 0 aliphatic rings. The summed E-state index contributed by atoms with van der Waals surface area (Å²) in [6.45, 7) is 2.59. The number of rotatable bonds is 10. The molecule has 2 N–H and O–H groups in total. The summed E-state index contributed by atoms with van der Waals surface area (Å²) in [5.41, 5.74) is 1.17. The normalized spacial score (nSPS) is 12.8. The maximum Gasteiger partial charge on any atom is 0.321 e. The third-order valence-corrected chi connectivity index (χ3v) is 6.64. The summed E-state index contributed by atoms with van der Waals surface area (Å²) < 4.78 is 33.7. The van der Waals surface area contributed by atoms with E-state index in [9.17, 15) is 23.1 Å². The summed E-state index contributed by atoms with van der Waals surface area (Å²) >= 11 is 0. The van der Waals surface area contributed by atoms with E-state index < -0.39 is 22.0 Å². The Morgan fingerprint density at radius 2 is 1.84 bits per heavy atom. The van der Waals surface area contributed by atoms with Crippen LogP contribution in [0.2, 0.25) is 0 Å². The summed E-state index contributed by atoms with van der Waals surface area (Å²) in [6, 6.07) is 10.2. The van der Waals surface area contributed by atoms with Crippen molar-refractivity contribution < 1.29 is 27.5 Å². The van der Waals surface area contributed by atoms with E-state index in [1.54, 1.807) is 19.2 Å². The van der Waals surface area contributed by atoms with E-state index >= 15 is 0 Å². The van der Waals surface area contributed by atoms with Crippen LogP contribution >= 0.6 is 0 Å². The van der Waals surface area contributed by atoms with Gasteiger partial charge >= 0.3 is 5.97 Å². The van der Waals surface area contributed by atoms with Crippen LogP contribution < -0.4 is 4.72 Å². The van der Waals surface area contributed by atoms with E-state index in [1.165, 1.54) is 17.0 Å². The number of fused-ring (bicyclic) bond motifs is 3. The van der Waals surface area contributed by atoms with E-state index in [0.717, 1.165) is 18.2 Å². The molecule has 1 unspecified atom stereocenters. The number of amides is 1. The number of nitrogens with one attached hydrogen (secondary N) is 1. The van der Waals surface area contributed by atoms with Crippen LogP contribution in [0.4, 0.5) is 0 Å². The molecule has 0 radical (unpaired) electrons. The Bertz CT molecular complexity index is 1200. The van der Waals surface area contributed by atoms with Gasteiger partial charge in [-0.2, -0.15) is 4.72 Å². The maximum absolute atomic E-state index is 12.9. The first-order valence-corrected chi connectivity index (χ1v) is 11.6. The predicted molar refractivity (Wildman–Crippen MR) is 117 cm³/mol. The first kappa shape index (κ1) is 22.8. The molecule has 3 aromatic rings. The highest BCUT2D eigenvalue weighted by atomic mass is 32.2. The van der Waals surface area contributed by atoms with Gasteiger partial charge in [0.25, 0.3) is 0 Å². The number of furan rings is 1. The second-order valence-corrected chi connectivity index (χ2v) is 9.19. The molecule has 0 spiro atoms. The van der Waals surface area contributed by atoms with Crippen molar-refractivity contribution in [3.05, 3.63) is 42.5 Å². The van der Waals surface area contributed by atoms with Crippen LogP contribution in [-0.2, 0) is 19.6 Å². The number of sulfonamides is 1. The fraction of sp³-hybridized carbons (Fsp3) is 0.364. The third-order valence-electron chi connectivity index (χ3n) is 5.17. The zero-order chi connectivity index (χ0) is 22.6. The average Bonchev–Trinajstić information content (AvgIpc) is 3.12. The summed E-state index contributed by atoms with van der Waals surface area (Å²) in [6.07, 6.45) is 1.58. The lowest BCUT2D eigenvalue weighted by molar-refractivity contribution is -0.139. The van der Waals surface area contributed by atoms with E-state index in [-0.39, 0.29) is 23.6 Å². The highest BCUT2D eigenvalue weighted by molar-refractivity contribution is 7.89. The van der Waals surface area contributed by atoms with Crippen molar-refractivity contribution in [2.45, 2.75) is 43.5 Å². The number of unbranched alkanes of at least 4 members (excludes halogenated alkanes) is 1. The fourth-order valence-corrected chi connectivity index (χ4v) is 4.59. The molecule has 0 fully saturated rings. The zero-order valence-electron chi connectivity index (χ0n) is 17.5. The molecular formula is C22H26N2O6S. The topological polar surface area (TPSA) is 117 Å². The van der Waals surface area contributed by atoms with Gasteiger partial charge in [-0.3, -0.25) is 9.59 Å². The quantitative estimate of drug-likeness (QED) is 0.493. The van der Waals surface area contributed by atoms with Gasteiger partial charge in [0.15, 0.2) is 0 Å². The molecule has 0 saturated heterocycles. The summed E-state index contributed by atoms with van der Waals surface area (Å²) in [7, 11) is -2.47. The summed E-state index contributed by atoms with van der Waals surface area (Å²) in [5, 5.41) is 10.9. The van der Waals surface area contributed by atoms with Gasteiger partial charge in [0.05, 0.1) is 4.90 Å². The van der Waals surface area contributed by atoms with Gasteiger partial charge in [0.2, 0.25) is 15.9 Å². The van der Waals surface area contributed by atoms with E-state index in [4.69, 9.17) is 4.42 Å². The van der Waals surface area contributed by atoms with Crippen molar-refractivity contribution in [1.82, 2.24) is 9.62 Å². The molecule has 1 amide bonds. The van der Waals surface area contributed by atoms with E-state index in [2.05, 4.69) is 4.72 Å². The number of benzene rings is 2. The second kappa shape index (κ2) is 9.49. The van der Waals surface area contributed by atoms with Crippen LogP contribution in [0, 0.1) is 0 Å². The molecule has 3 rings (SSSR count). The number of carboxylic acid groups (broad SMARTS) is 1. The average molecular weight is 447 g/mol. The van der Waals surface area contributed by atoms with Crippen molar-refractivity contribution in [2.75, 3.05) is 13.6 Å². The van der Waals surface area contributed by atoms with E-state index in [0.29, 0.717) is 23.1 Å². The smallest absolute Gasteiger partial charge is 0.321 e. The van der Waals surface area contributed by atoms with Crippen LogP contribution in [-0.4, -0.2) is 49.9 Å². The number of aliphatic carboxylic acids is 1. The Morgan fingerprint density at radius 1 is 1.13 bits per heavy atom. The lowest BCUT2D eigenvalue weighted by Gasteiger charge is -2.19. The summed E-state index contributed by atoms with van der Waals surface area (Å²) in [5.74, 6) is -1.55. The first-order chi connectivity index (χ1) is 14.7. The van der Waals surface area contributed by atoms with Gasteiger partial charge in [-0.25, -0.2) is 8.42 Å². The molecule has 9 heteroatoms. The number of carboxylic acids is 1. The van der Waals surface area contributed by atoms with Crippen molar-refractivity contribution in [1.29, 1.82) is 0 Å². The van der Waals surface area contributed by atoms with Crippen LogP contribution in [0.25, 0.3) is 21.9 Å². The van der Waals surface area contributed by atoms with Gasteiger partial charge < -0.3 is 14.4 Å². The van der Waals surface area contributed by atoms with Crippen molar-refractivity contribution in [3.8, 4) is 0 Å². The first-order valence-electron chi connectivity index (χ1n) is 10.1. The monoisotopic (exact) mass is 446 g/mol. The number of carbonyl (C=O) groups is 2. The van der Waals surface area contributed by atoms with Crippen LogP contribution in [0.15, 0.2) is 51.8 Å². The molecule has 0 aliphatic carbocycles. The Labute approximate surface area is 180 Å². The molecule has 0 bridgehead atoms. The fourth-order valence-electron chi connectivity index (χ4n) is 3.34. The van der Waals surface area contributed by atoms with Gasteiger partial charge in [-0.15, -0.1) is 0 Å². The minimum atomic E-state index is -4.12. The number of carbonyl (C=O) groups excluding carboxylic acids is 1. The molecule has 1 heterocycles. The molecule has 1 aromatic heterocycles. The van der Waals surface area contributed by atoms with Gasteiger partial charge in [-0.05, 0) is 37.1 Å². The molecule has 31 heavy (non-hydrogen) atoms. The Morgan fingerprint density at radius 3 is 2.55 bits per heavy atom. The van der Waals surface area contributed by atoms with Crippen molar-refractivity contribution in [3.63, 3.8) is 0 Å². The van der Waals surface area contributed by atoms with Gasteiger partial charge in [0.1, 0.15) is 17.2 Å². The lowest BCUT2D eigenvalue weighted by atomic mass is 10.1. The number of hydrogen-bond donors (Lipinski definition) is 2. The minimum absolute atomic E-state index is 0.0644. The highest BCUT2D eigenvalue weighted by Gasteiger charge is 2.27. The van der Waals surface area contributed by atoms with Crippen molar-refractivity contribution >= 4 is 43.8 Å². The lowest BCUT2D eigenvalue weighted by Crippen LogP contribution is -2.41. The largest absolute Gasteiger partial charge is 0.480 e. The van der Waals surface area contributed by atoms with Gasteiger partial charge in [0, 0.05) is 30.8 Å². The van der Waals surface area contributed by atoms with Crippen molar-refractivity contribution in [2.24, 2.45) is 0 Å². The number of nitrogens with zero attached hydrogens (tertiary/aromatic N) is 1. The highest BCUT2D eigenvalue weighted by Crippen LogP contribution is 2.30. The Kier molecular flexibility index (Phi) is 6.97. The molecule has 0 aliphatic heterocycles. The van der Waals surface area contributed by atoms with Gasteiger partial charge in [-0.1, -0.05) is 31.5 Å². The molecule has 1 atom stereocenters. The summed E-state index contributed by atoms with van der Waals surface area (Å²) in [4.78, 5) is 25.3. The maximum atomic E-state index is 12.9. The second-order valence-electron chi connectivity index (χ2n) is 7.48. The van der Waals surface area contributed by atoms with Crippen LogP contribution in [0.5, 0.6) is 0 Å². The molecule has 8 nitrogen and oxygen atoms in total. The molecule has 2 aromatic carbocycles. The zero-order valence-corrected chi connectivity index (χ0v) is 18.3. The third kappa shape index (κ3) is 5.23. The predicted octanol–water partition coefficient (Wildman–Crippen LogP) is 3.36. The Hall–Kier alpha value is -2.91. The Balaban J connectivity index is 1.77. The SMILES string of the molecule is CCCCN(C)C(=O)CCC(NS(=O)(=O)c1ccc2oc3ccccc3c2c1)C(=O)O. The minimum Gasteiger partial charge on any atom is -0.480 e. The van der Waals surface area contributed by atoms with E-state index in [1.807, 2.05) is 25.1 Å².